The second-order valence-electron chi connectivity index (χ2n) is 4.60. The van der Waals surface area contributed by atoms with Crippen molar-refractivity contribution in [1.29, 1.82) is 0 Å². The number of amides is 1. The van der Waals surface area contributed by atoms with E-state index in [1.165, 1.54) is 0 Å². The van der Waals surface area contributed by atoms with Crippen LogP contribution in [0.15, 0.2) is 30.3 Å². The van der Waals surface area contributed by atoms with E-state index in [1.807, 2.05) is 5.32 Å². The minimum Gasteiger partial charge on any atom is -0.480 e. The van der Waals surface area contributed by atoms with Crippen molar-refractivity contribution < 1.29 is 32.6 Å². The van der Waals surface area contributed by atoms with E-state index in [2.05, 4.69) is 0 Å². The number of carboxylic acid groups (broad SMARTS) is 1. The number of alkyl halides is 3. The predicted molar refractivity (Wildman–Crippen MR) is 71.1 cm³/mol. The summed E-state index contributed by atoms with van der Waals surface area (Å²) in [7, 11) is 0. The fraction of sp³-hybridized carbons (Fsp3) is 0.429. The lowest BCUT2D eigenvalue weighted by Crippen LogP contribution is -2.41. The highest BCUT2D eigenvalue weighted by molar-refractivity contribution is 5.79. The number of hydrogen-bond donors (Lipinski definition) is 2. The van der Waals surface area contributed by atoms with Gasteiger partial charge in [0, 0.05) is 6.42 Å². The molecule has 0 bridgehead atoms. The highest BCUT2D eigenvalue weighted by atomic mass is 19.4. The molecular formula is C14H16F3NO4. The summed E-state index contributed by atoms with van der Waals surface area (Å²) < 4.78 is 40.9. The Morgan fingerprint density at radius 2 is 1.86 bits per heavy atom. The van der Waals surface area contributed by atoms with Crippen molar-refractivity contribution in [3.05, 3.63) is 35.9 Å². The van der Waals surface area contributed by atoms with Crippen molar-refractivity contribution in [2.45, 2.75) is 38.1 Å². The summed E-state index contributed by atoms with van der Waals surface area (Å²) in [5, 5.41) is 10.9. The molecule has 1 amide bonds. The molecule has 5 nitrogen and oxygen atoms in total. The van der Waals surface area contributed by atoms with Gasteiger partial charge in [0.15, 0.2) is 0 Å². The normalized spacial score (nSPS) is 12.5. The second-order valence-corrected chi connectivity index (χ2v) is 4.60. The third-order valence-corrected chi connectivity index (χ3v) is 2.76. The van der Waals surface area contributed by atoms with Crippen LogP contribution in [0.25, 0.3) is 0 Å². The number of aliphatic carboxylic acids is 1. The zero-order valence-corrected chi connectivity index (χ0v) is 11.6. The van der Waals surface area contributed by atoms with Crippen molar-refractivity contribution in [3.63, 3.8) is 0 Å². The van der Waals surface area contributed by atoms with Gasteiger partial charge in [-0.05, 0) is 18.4 Å². The molecule has 0 saturated heterocycles. The molecule has 0 unspecified atom stereocenters. The van der Waals surface area contributed by atoms with Crippen LogP contribution in [0.4, 0.5) is 18.0 Å². The van der Waals surface area contributed by atoms with Crippen LogP contribution in [-0.2, 0) is 16.1 Å². The van der Waals surface area contributed by atoms with Gasteiger partial charge in [-0.15, -0.1) is 0 Å². The number of halogens is 3. The third-order valence-electron chi connectivity index (χ3n) is 2.76. The van der Waals surface area contributed by atoms with Crippen LogP contribution >= 0.6 is 0 Å². The number of ether oxygens (including phenoxy) is 1. The van der Waals surface area contributed by atoms with Crippen LogP contribution in [0.5, 0.6) is 0 Å². The molecule has 22 heavy (non-hydrogen) atoms. The zero-order valence-electron chi connectivity index (χ0n) is 11.6. The smallest absolute Gasteiger partial charge is 0.408 e. The molecule has 0 aliphatic heterocycles. The van der Waals surface area contributed by atoms with Crippen LogP contribution < -0.4 is 5.32 Å². The van der Waals surface area contributed by atoms with E-state index in [0.717, 1.165) is 0 Å². The molecule has 1 aromatic carbocycles. The van der Waals surface area contributed by atoms with Gasteiger partial charge in [0.2, 0.25) is 0 Å². The third kappa shape index (κ3) is 7.51. The lowest BCUT2D eigenvalue weighted by Gasteiger charge is -2.15. The fourth-order valence-corrected chi connectivity index (χ4v) is 1.67. The summed E-state index contributed by atoms with van der Waals surface area (Å²) in [6.07, 6.45) is -7.15. The maximum atomic E-state index is 12.0. The van der Waals surface area contributed by atoms with Crippen LogP contribution in [0.3, 0.4) is 0 Å². The number of carbonyl (C=O) groups is 2. The number of nitrogens with one attached hydrogen (secondary N) is 1. The quantitative estimate of drug-likeness (QED) is 0.810. The summed E-state index contributed by atoms with van der Waals surface area (Å²) in [4.78, 5) is 22.4. The Bertz CT molecular complexity index is 491. The Balaban J connectivity index is 2.39. The summed E-state index contributed by atoms with van der Waals surface area (Å²) >= 11 is 0. The molecule has 122 valence electrons. The Morgan fingerprint density at radius 1 is 1.23 bits per heavy atom. The van der Waals surface area contributed by atoms with Crippen molar-refractivity contribution in [3.8, 4) is 0 Å². The standard InChI is InChI=1S/C14H16F3NO4/c15-14(16,17)8-4-7-11(12(19)20)18-13(21)22-9-10-5-2-1-3-6-10/h1-3,5-6,11H,4,7-9H2,(H,18,21)(H,19,20)/t11-/m0/s1. The summed E-state index contributed by atoms with van der Waals surface area (Å²) in [5.41, 5.74) is 0.710. The first-order valence-electron chi connectivity index (χ1n) is 6.54. The molecular weight excluding hydrogens is 303 g/mol. The average Bonchev–Trinajstić information content (AvgIpc) is 2.43. The summed E-state index contributed by atoms with van der Waals surface area (Å²) in [6, 6.07) is 7.29. The second kappa shape index (κ2) is 8.26. The minimum atomic E-state index is -4.35. The maximum absolute atomic E-state index is 12.0. The van der Waals surface area contributed by atoms with E-state index >= 15 is 0 Å². The molecule has 1 rings (SSSR count). The van der Waals surface area contributed by atoms with Crippen LogP contribution in [0.2, 0.25) is 0 Å². The Morgan fingerprint density at radius 3 is 2.41 bits per heavy atom. The maximum Gasteiger partial charge on any atom is 0.408 e. The van der Waals surface area contributed by atoms with Gasteiger partial charge in [0.25, 0.3) is 0 Å². The van der Waals surface area contributed by atoms with Gasteiger partial charge in [0.05, 0.1) is 0 Å². The van der Waals surface area contributed by atoms with Gasteiger partial charge in [-0.1, -0.05) is 30.3 Å². The first-order valence-corrected chi connectivity index (χ1v) is 6.54. The SMILES string of the molecule is O=C(N[C@@H](CCCC(F)(F)F)C(=O)O)OCc1ccccc1. The van der Waals surface area contributed by atoms with Crippen LogP contribution in [0.1, 0.15) is 24.8 Å². The molecule has 1 aromatic rings. The highest BCUT2D eigenvalue weighted by Crippen LogP contribution is 2.22. The molecule has 2 N–H and O–H groups in total. The van der Waals surface area contributed by atoms with E-state index in [4.69, 9.17) is 9.84 Å². The molecule has 8 heteroatoms. The van der Waals surface area contributed by atoms with Crippen molar-refractivity contribution >= 4 is 12.1 Å². The Kier molecular flexibility index (Phi) is 6.68. The van der Waals surface area contributed by atoms with Gasteiger partial charge in [-0.2, -0.15) is 13.2 Å². The van der Waals surface area contributed by atoms with E-state index < -0.39 is 30.7 Å². The summed E-state index contributed by atoms with van der Waals surface area (Å²) in [6.45, 7) is -0.0540. The van der Waals surface area contributed by atoms with Crippen molar-refractivity contribution in [2.24, 2.45) is 0 Å². The highest BCUT2D eigenvalue weighted by Gasteiger charge is 2.28. The number of rotatable bonds is 7. The van der Waals surface area contributed by atoms with E-state index in [0.29, 0.717) is 5.56 Å². The van der Waals surface area contributed by atoms with E-state index in [-0.39, 0.29) is 19.4 Å². The van der Waals surface area contributed by atoms with Crippen molar-refractivity contribution in [2.75, 3.05) is 0 Å². The largest absolute Gasteiger partial charge is 0.480 e. The minimum absolute atomic E-state index is 0.0540. The molecule has 0 spiro atoms. The topological polar surface area (TPSA) is 75.6 Å². The van der Waals surface area contributed by atoms with Gasteiger partial charge < -0.3 is 15.2 Å². The molecule has 0 aliphatic rings. The molecule has 1 atom stereocenters. The van der Waals surface area contributed by atoms with Crippen molar-refractivity contribution in [1.82, 2.24) is 5.32 Å². The molecule has 0 fully saturated rings. The first-order chi connectivity index (χ1) is 10.3. The lowest BCUT2D eigenvalue weighted by atomic mass is 10.1. The molecule has 0 radical (unpaired) electrons. The number of carbonyl (C=O) groups excluding carboxylic acids is 1. The first kappa shape index (κ1) is 17.8. The molecule has 0 aromatic heterocycles. The van der Waals surface area contributed by atoms with Gasteiger partial charge >= 0.3 is 18.2 Å². The molecule has 0 heterocycles. The molecule has 0 aliphatic carbocycles. The number of carboxylic acids is 1. The molecule has 0 saturated carbocycles. The zero-order chi connectivity index (χ0) is 16.6. The van der Waals surface area contributed by atoms with E-state index in [1.54, 1.807) is 30.3 Å². The Labute approximate surface area is 125 Å². The van der Waals surface area contributed by atoms with Crippen LogP contribution in [-0.4, -0.2) is 29.4 Å². The fourth-order valence-electron chi connectivity index (χ4n) is 1.67. The lowest BCUT2D eigenvalue weighted by molar-refractivity contribution is -0.143. The number of alkyl carbamates (subject to hydrolysis) is 1. The van der Waals surface area contributed by atoms with Gasteiger partial charge in [-0.3, -0.25) is 0 Å². The Hall–Kier alpha value is -2.25. The average molecular weight is 319 g/mol. The predicted octanol–water partition coefficient (Wildman–Crippen LogP) is 3.10. The number of hydrogen-bond acceptors (Lipinski definition) is 3. The van der Waals surface area contributed by atoms with E-state index in [9.17, 15) is 22.8 Å². The van der Waals surface area contributed by atoms with Gasteiger partial charge in [0.1, 0.15) is 12.6 Å². The van der Waals surface area contributed by atoms with Crippen LogP contribution in [0, 0.1) is 0 Å². The number of benzene rings is 1. The van der Waals surface area contributed by atoms with Gasteiger partial charge in [-0.25, -0.2) is 9.59 Å². The monoisotopic (exact) mass is 319 g/mol. The summed E-state index contributed by atoms with van der Waals surface area (Å²) in [5.74, 6) is -1.40.